The maximum absolute atomic E-state index is 12.4. The van der Waals surface area contributed by atoms with Crippen molar-refractivity contribution in [2.24, 2.45) is 0 Å². The van der Waals surface area contributed by atoms with Gasteiger partial charge >= 0.3 is 0 Å². The lowest BCUT2D eigenvalue weighted by Gasteiger charge is -2.16. The molecule has 8 nitrogen and oxygen atoms in total. The van der Waals surface area contributed by atoms with E-state index in [2.05, 4.69) is 0 Å². The van der Waals surface area contributed by atoms with E-state index in [1.165, 1.54) is 24.1 Å². The molecule has 156 valence electrons. The van der Waals surface area contributed by atoms with Crippen LogP contribution in [-0.2, 0) is 11.4 Å². The van der Waals surface area contributed by atoms with Crippen LogP contribution in [0.3, 0.4) is 0 Å². The Hall–Kier alpha value is -3.33. The molecule has 0 atom stereocenters. The van der Waals surface area contributed by atoms with Crippen LogP contribution >= 0.6 is 11.8 Å². The summed E-state index contributed by atoms with van der Waals surface area (Å²) in [6, 6.07) is 11.1. The van der Waals surface area contributed by atoms with Crippen LogP contribution in [0.1, 0.15) is 25.0 Å². The van der Waals surface area contributed by atoms with Crippen molar-refractivity contribution in [2.45, 2.75) is 26.5 Å². The molecule has 2 amide bonds. The predicted octanol–water partition coefficient (Wildman–Crippen LogP) is 4.63. The van der Waals surface area contributed by atoms with Crippen molar-refractivity contribution in [2.75, 3.05) is 7.11 Å². The number of carbonyl (C=O) groups excluding carboxylic acids is 2. The molecule has 0 unspecified atom stereocenters. The fourth-order valence-corrected chi connectivity index (χ4v) is 3.85. The monoisotopic (exact) mass is 428 g/mol. The Bertz CT molecular complexity index is 1030. The molecule has 0 aliphatic carbocycles. The lowest BCUT2D eigenvalue weighted by molar-refractivity contribution is -0.384. The molecule has 0 N–H and O–H groups in total. The Kier molecular flexibility index (Phi) is 6.41. The number of methoxy groups -OCH3 is 1. The summed E-state index contributed by atoms with van der Waals surface area (Å²) in [5, 5.41) is 10.6. The number of imide groups is 1. The molecule has 30 heavy (non-hydrogen) atoms. The summed E-state index contributed by atoms with van der Waals surface area (Å²) in [5.74, 6) is 0.582. The Morgan fingerprint density at radius 2 is 1.93 bits per heavy atom. The van der Waals surface area contributed by atoms with Gasteiger partial charge in [0.1, 0.15) is 6.61 Å². The van der Waals surface area contributed by atoms with Gasteiger partial charge in [0.05, 0.1) is 16.9 Å². The summed E-state index contributed by atoms with van der Waals surface area (Å²) < 4.78 is 11.1. The topological polar surface area (TPSA) is 99.0 Å². The van der Waals surface area contributed by atoms with Gasteiger partial charge in [-0.1, -0.05) is 18.2 Å². The average Bonchev–Trinajstić information content (AvgIpc) is 3.00. The number of rotatable bonds is 7. The average molecular weight is 428 g/mol. The highest BCUT2D eigenvalue weighted by Gasteiger charge is 2.36. The van der Waals surface area contributed by atoms with Crippen LogP contribution in [0, 0.1) is 10.1 Å². The SMILES string of the molecule is COc1cc(/C=C2/SC(=O)N(C(C)C)C2=O)ccc1OCc1cccc([N+](=O)[O-])c1. The van der Waals surface area contributed by atoms with Crippen molar-refractivity contribution in [1.82, 2.24) is 4.90 Å². The van der Waals surface area contributed by atoms with Crippen LogP contribution < -0.4 is 9.47 Å². The van der Waals surface area contributed by atoms with E-state index >= 15 is 0 Å². The summed E-state index contributed by atoms with van der Waals surface area (Å²) >= 11 is 0.905. The van der Waals surface area contributed by atoms with Crippen LogP contribution in [-0.4, -0.2) is 34.1 Å². The molecule has 1 saturated heterocycles. The smallest absolute Gasteiger partial charge is 0.293 e. The van der Waals surface area contributed by atoms with Gasteiger partial charge in [-0.3, -0.25) is 24.6 Å². The van der Waals surface area contributed by atoms with Crippen molar-refractivity contribution in [3.05, 3.63) is 68.6 Å². The van der Waals surface area contributed by atoms with Gasteiger partial charge in [0.25, 0.3) is 16.8 Å². The molecular weight excluding hydrogens is 408 g/mol. The molecule has 2 aromatic carbocycles. The second kappa shape index (κ2) is 9.00. The molecule has 1 aliphatic rings. The molecule has 0 saturated carbocycles. The van der Waals surface area contributed by atoms with E-state index in [1.54, 1.807) is 50.3 Å². The van der Waals surface area contributed by atoms with E-state index in [0.717, 1.165) is 11.8 Å². The molecule has 0 spiro atoms. The Labute approximate surface area is 177 Å². The Morgan fingerprint density at radius 3 is 2.57 bits per heavy atom. The van der Waals surface area contributed by atoms with Crippen molar-refractivity contribution in [3.63, 3.8) is 0 Å². The van der Waals surface area contributed by atoms with E-state index in [1.807, 2.05) is 0 Å². The van der Waals surface area contributed by atoms with E-state index in [9.17, 15) is 19.7 Å². The third-order valence-corrected chi connectivity index (χ3v) is 5.22. The Morgan fingerprint density at radius 1 is 1.17 bits per heavy atom. The van der Waals surface area contributed by atoms with Gasteiger partial charge in [-0.25, -0.2) is 0 Å². The summed E-state index contributed by atoms with van der Waals surface area (Å²) in [6.45, 7) is 3.70. The molecule has 3 rings (SSSR count). The van der Waals surface area contributed by atoms with E-state index in [4.69, 9.17) is 9.47 Å². The molecule has 1 fully saturated rings. The first kappa shape index (κ1) is 21.4. The second-order valence-corrected chi connectivity index (χ2v) is 7.76. The molecule has 2 aromatic rings. The number of benzene rings is 2. The predicted molar refractivity (Wildman–Crippen MR) is 113 cm³/mol. The Balaban J connectivity index is 1.77. The summed E-state index contributed by atoms with van der Waals surface area (Å²) in [5.41, 5.74) is 1.33. The number of nitro groups is 1. The second-order valence-electron chi connectivity index (χ2n) is 6.77. The number of hydrogen-bond acceptors (Lipinski definition) is 7. The largest absolute Gasteiger partial charge is 0.493 e. The van der Waals surface area contributed by atoms with Gasteiger partial charge in [0.15, 0.2) is 11.5 Å². The summed E-state index contributed by atoms with van der Waals surface area (Å²) in [6.07, 6.45) is 1.64. The fourth-order valence-electron chi connectivity index (χ4n) is 2.89. The van der Waals surface area contributed by atoms with Crippen LogP contribution in [0.4, 0.5) is 10.5 Å². The quantitative estimate of drug-likeness (QED) is 0.360. The van der Waals surface area contributed by atoms with Crippen molar-refractivity contribution < 1.29 is 24.0 Å². The number of nitrogens with zero attached hydrogens (tertiary/aromatic N) is 2. The highest BCUT2D eigenvalue weighted by Crippen LogP contribution is 2.35. The van der Waals surface area contributed by atoms with Crippen molar-refractivity contribution in [1.29, 1.82) is 0 Å². The molecule has 0 radical (unpaired) electrons. The van der Waals surface area contributed by atoms with Crippen LogP contribution in [0.25, 0.3) is 6.08 Å². The zero-order chi connectivity index (χ0) is 21.8. The minimum absolute atomic E-state index is 0.00578. The lowest BCUT2D eigenvalue weighted by Crippen LogP contribution is -2.34. The van der Waals surface area contributed by atoms with Crippen molar-refractivity contribution >= 4 is 34.7 Å². The van der Waals surface area contributed by atoms with Gasteiger partial charge < -0.3 is 9.47 Å². The summed E-state index contributed by atoms with van der Waals surface area (Å²) in [7, 11) is 1.49. The van der Waals surface area contributed by atoms with Gasteiger partial charge in [-0.05, 0) is 54.9 Å². The van der Waals surface area contributed by atoms with Gasteiger partial charge in [0.2, 0.25) is 0 Å². The van der Waals surface area contributed by atoms with Gasteiger partial charge in [-0.15, -0.1) is 0 Å². The number of nitro benzene ring substituents is 1. The number of non-ortho nitro benzene ring substituents is 1. The molecule has 1 heterocycles. The van der Waals surface area contributed by atoms with E-state index < -0.39 is 4.92 Å². The molecule has 9 heteroatoms. The highest BCUT2D eigenvalue weighted by molar-refractivity contribution is 8.18. The van der Waals surface area contributed by atoms with Crippen LogP contribution in [0.2, 0.25) is 0 Å². The molecule has 1 aliphatic heterocycles. The number of amides is 2. The van der Waals surface area contributed by atoms with Crippen LogP contribution in [0.5, 0.6) is 11.5 Å². The third-order valence-electron chi connectivity index (χ3n) is 4.34. The molecule has 0 bridgehead atoms. The fraction of sp³-hybridized carbons (Fsp3) is 0.238. The maximum atomic E-state index is 12.4. The normalized spacial score (nSPS) is 15.2. The molecule has 0 aromatic heterocycles. The van der Waals surface area contributed by atoms with Gasteiger partial charge in [0, 0.05) is 18.2 Å². The van der Waals surface area contributed by atoms with E-state index in [-0.39, 0.29) is 29.5 Å². The zero-order valence-corrected chi connectivity index (χ0v) is 17.5. The standard InChI is InChI=1S/C21H20N2O6S/c1-13(2)22-20(24)19(30-21(22)25)11-14-7-8-17(18(10-14)28-3)29-12-15-5-4-6-16(9-15)23(26)27/h4-11,13H,12H2,1-3H3/b19-11+. The zero-order valence-electron chi connectivity index (χ0n) is 16.7. The first-order valence-electron chi connectivity index (χ1n) is 9.11. The van der Waals surface area contributed by atoms with E-state index in [0.29, 0.717) is 27.5 Å². The van der Waals surface area contributed by atoms with Crippen molar-refractivity contribution in [3.8, 4) is 11.5 Å². The first-order chi connectivity index (χ1) is 14.3. The van der Waals surface area contributed by atoms with Crippen LogP contribution in [0.15, 0.2) is 47.4 Å². The first-order valence-corrected chi connectivity index (χ1v) is 9.93. The van der Waals surface area contributed by atoms with Gasteiger partial charge in [-0.2, -0.15) is 0 Å². The maximum Gasteiger partial charge on any atom is 0.293 e. The number of hydrogen-bond donors (Lipinski definition) is 0. The minimum atomic E-state index is -0.458. The minimum Gasteiger partial charge on any atom is -0.493 e. The lowest BCUT2D eigenvalue weighted by atomic mass is 10.1. The summed E-state index contributed by atoms with van der Waals surface area (Å²) in [4.78, 5) is 36.5. The third kappa shape index (κ3) is 4.62. The highest BCUT2D eigenvalue weighted by atomic mass is 32.2. The number of carbonyl (C=O) groups is 2. The molecular formula is C21H20N2O6S. The number of ether oxygens (including phenoxy) is 2. The number of thioether (sulfide) groups is 1.